The van der Waals surface area contributed by atoms with Crippen molar-refractivity contribution in [1.29, 1.82) is 0 Å². The van der Waals surface area contributed by atoms with Crippen molar-refractivity contribution in [1.82, 2.24) is 0 Å². The molecule has 0 aliphatic heterocycles. The summed E-state index contributed by atoms with van der Waals surface area (Å²) >= 11 is 0. The Kier molecular flexibility index (Phi) is 4.45. The van der Waals surface area contributed by atoms with E-state index in [0.29, 0.717) is 5.41 Å². The first kappa shape index (κ1) is 14.9. The highest BCUT2D eigenvalue weighted by Crippen LogP contribution is 2.61. The minimum atomic E-state index is -0.00617. The second-order valence-corrected chi connectivity index (χ2v) is 8.28. The molecule has 3 saturated carbocycles. The maximum absolute atomic E-state index is 10.3. The minimum Gasteiger partial charge on any atom is -0.393 e. The van der Waals surface area contributed by atoms with Gasteiger partial charge in [-0.1, -0.05) is 39.5 Å². The molecular weight excluding hydrogens is 244 g/mol. The van der Waals surface area contributed by atoms with Gasteiger partial charge in [0.1, 0.15) is 0 Å². The molecule has 1 N–H and O–H groups in total. The lowest BCUT2D eigenvalue weighted by Crippen LogP contribution is -2.42. The van der Waals surface area contributed by atoms with E-state index in [2.05, 4.69) is 13.8 Å². The number of hydrogen-bond donors (Lipinski definition) is 1. The third-order valence-corrected chi connectivity index (χ3v) is 7.42. The molecular formula is C19H34O. The van der Waals surface area contributed by atoms with Gasteiger partial charge >= 0.3 is 0 Å². The van der Waals surface area contributed by atoms with Crippen molar-refractivity contribution in [2.75, 3.05) is 0 Å². The Labute approximate surface area is 125 Å². The summed E-state index contributed by atoms with van der Waals surface area (Å²) in [7, 11) is 0. The molecule has 3 rings (SSSR count). The van der Waals surface area contributed by atoms with Gasteiger partial charge in [-0.25, -0.2) is 0 Å². The summed E-state index contributed by atoms with van der Waals surface area (Å²) in [6.45, 7) is 5.01. The quantitative estimate of drug-likeness (QED) is 0.701. The maximum atomic E-state index is 10.3. The fraction of sp³-hybridized carbons (Fsp3) is 1.00. The zero-order chi connectivity index (χ0) is 14.2. The summed E-state index contributed by atoms with van der Waals surface area (Å²) in [5.41, 5.74) is 0.634. The first-order valence-corrected chi connectivity index (χ1v) is 9.33. The number of hydrogen-bond acceptors (Lipinski definition) is 1. The van der Waals surface area contributed by atoms with Crippen LogP contribution in [0.2, 0.25) is 0 Å². The van der Waals surface area contributed by atoms with Crippen LogP contribution < -0.4 is 0 Å². The molecule has 1 nitrogen and oxygen atoms in total. The highest BCUT2D eigenvalue weighted by Gasteiger charge is 2.52. The molecule has 6 atom stereocenters. The van der Waals surface area contributed by atoms with Gasteiger partial charge in [-0.05, 0) is 74.0 Å². The largest absolute Gasteiger partial charge is 0.393 e. The van der Waals surface area contributed by atoms with E-state index in [1.54, 1.807) is 0 Å². The normalized spacial score (nSPS) is 49.6. The van der Waals surface area contributed by atoms with Gasteiger partial charge in [-0.15, -0.1) is 0 Å². The highest BCUT2D eigenvalue weighted by molar-refractivity contribution is 5.02. The number of aliphatic hydroxyl groups excluding tert-OH is 1. The lowest BCUT2D eigenvalue weighted by atomic mass is 9.56. The van der Waals surface area contributed by atoms with Gasteiger partial charge in [0.25, 0.3) is 0 Å². The molecule has 0 amide bonds. The Balaban J connectivity index is 1.79. The number of rotatable bonds is 1. The van der Waals surface area contributed by atoms with Crippen molar-refractivity contribution in [2.45, 2.75) is 90.6 Å². The van der Waals surface area contributed by atoms with Gasteiger partial charge < -0.3 is 5.11 Å². The Bertz CT molecular complexity index is 326. The smallest absolute Gasteiger partial charge is 0.0543 e. The molecule has 0 saturated heterocycles. The van der Waals surface area contributed by atoms with Crippen molar-refractivity contribution in [3.63, 3.8) is 0 Å². The summed E-state index contributed by atoms with van der Waals surface area (Å²) in [6, 6.07) is 0. The average molecular weight is 278 g/mol. The van der Waals surface area contributed by atoms with Gasteiger partial charge in [0.05, 0.1) is 6.10 Å². The molecule has 20 heavy (non-hydrogen) atoms. The fourth-order valence-electron chi connectivity index (χ4n) is 6.28. The Hall–Kier alpha value is -0.0400. The van der Waals surface area contributed by atoms with E-state index >= 15 is 0 Å². The zero-order valence-electron chi connectivity index (χ0n) is 13.6. The second kappa shape index (κ2) is 5.99. The molecule has 0 spiro atoms. The van der Waals surface area contributed by atoms with Crippen LogP contribution in [0.3, 0.4) is 0 Å². The Morgan fingerprint density at radius 2 is 1.80 bits per heavy atom. The van der Waals surface area contributed by atoms with E-state index in [9.17, 15) is 5.11 Å². The monoisotopic (exact) mass is 278 g/mol. The topological polar surface area (TPSA) is 20.2 Å². The predicted molar refractivity (Wildman–Crippen MR) is 84.5 cm³/mol. The highest BCUT2D eigenvalue weighted by atomic mass is 16.3. The number of fused-ring (bicyclic) bond motifs is 3. The average Bonchev–Trinajstić information content (AvgIpc) is 2.80. The van der Waals surface area contributed by atoms with Crippen LogP contribution in [-0.2, 0) is 0 Å². The molecule has 0 heterocycles. The van der Waals surface area contributed by atoms with Crippen molar-refractivity contribution >= 4 is 0 Å². The van der Waals surface area contributed by atoms with Gasteiger partial charge in [0.15, 0.2) is 0 Å². The van der Waals surface area contributed by atoms with Crippen LogP contribution in [0.1, 0.15) is 84.5 Å². The molecule has 3 aliphatic rings. The summed E-state index contributed by atoms with van der Waals surface area (Å²) in [4.78, 5) is 0. The second-order valence-electron chi connectivity index (χ2n) is 8.28. The van der Waals surface area contributed by atoms with E-state index in [1.807, 2.05) is 0 Å². The van der Waals surface area contributed by atoms with Crippen LogP contribution in [0.4, 0.5) is 0 Å². The third kappa shape index (κ3) is 2.56. The molecule has 3 fully saturated rings. The Morgan fingerprint density at radius 1 is 1.00 bits per heavy atom. The van der Waals surface area contributed by atoms with E-state index in [-0.39, 0.29) is 6.10 Å². The summed E-state index contributed by atoms with van der Waals surface area (Å²) in [6.07, 6.45) is 14.8. The Morgan fingerprint density at radius 3 is 2.60 bits per heavy atom. The first-order chi connectivity index (χ1) is 9.65. The molecule has 6 unspecified atom stereocenters. The van der Waals surface area contributed by atoms with Crippen molar-refractivity contribution in [3.05, 3.63) is 0 Å². The molecule has 0 bridgehead atoms. The van der Waals surface area contributed by atoms with Crippen LogP contribution in [0.25, 0.3) is 0 Å². The predicted octanol–water partition coefficient (Wildman–Crippen LogP) is 5.17. The van der Waals surface area contributed by atoms with Crippen LogP contribution in [0, 0.1) is 29.1 Å². The van der Waals surface area contributed by atoms with Crippen LogP contribution >= 0.6 is 0 Å². The van der Waals surface area contributed by atoms with Crippen LogP contribution in [0.15, 0.2) is 0 Å². The summed E-state index contributed by atoms with van der Waals surface area (Å²) in [5.74, 6) is 3.71. The first-order valence-electron chi connectivity index (χ1n) is 9.33. The van der Waals surface area contributed by atoms with Crippen molar-refractivity contribution in [3.8, 4) is 0 Å². The summed E-state index contributed by atoms with van der Waals surface area (Å²) < 4.78 is 0. The SMILES string of the molecule is CCC1CCC2C3CCCCCC(O)CC3CCC12C. The van der Waals surface area contributed by atoms with Gasteiger partial charge in [-0.2, -0.15) is 0 Å². The van der Waals surface area contributed by atoms with Crippen LogP contribution in [0.5, 0.6) is 0 Å². The third-order valence-electron chi connectivity index (χ3n) is 7.42. The lowest BCUT2D eigenvalue weighted by Gasteiger charge is -2.49. The molecule has 116 valence electrons. The van der Waals surface area contributed by atoms with Gasteiger partial charge in [-0.3, -0.25) is 0 Å². The molecule has 0 aromatic heterocycles. The van der Waals surface area contributed by atoms with Crippen molar-refractivity contribution in [2.24, 2.45) is 29.1 Å². The van der Waals surface area contributed by atoms with Crippen LogP contribution in [-0.4, -0.2) is 11.2 Å². The molecule has 0 radical (unpaired) electrons. The summed E-state index contributed by atoms with van der Waals surface area (Å²) in [5, 5.41) is 10.3. The van der Waals surface area contributed by atoms with E-state index in [0.717, 1.165) is 36.5 Å². The van der Waals surface area contributed by atoms with E-state index < -0.39 is 0 Å². The van der Waals surface area contributed by atoms with E-state index in [4.69, 9.17) is 0 Å². The molecule has 0 aromatic carbocycles. The maximum Gasteiger partial charge on any atom is 0.0543 e. The molecule has 0 aromatic rings. The standard InChI is InChI=1S/C19H34O/c1-3-15-9-10-18-17-8-6-4-5-7-16(20)13-14(17)11-12-19(15,18)2/h14-18,20H,3-13H2,1-2H3. The molecule has 1 heteroatoms. The minimum absolute atomic E-state index is 0.00617. The number of aliphatic hydroxyl groups is 1. The zero-order valence-corrected chi connectivity index (χ0v) is 13.6. The van der Waals surface area contributed by atoms with E-state index in [1.165, 1.54) is 57.8 Å². The van der Waals surface area contributed by atoms with Gasteiger partial charge in [0.2, 0.25) is 0 Å². The van der Waals surface area contributed by atoms with Gasteiger partial charge in [0, 0.05) is 0 Å². The lowest BCUT2D eigenvalue weighted by molar-refractivity contribution is -0.0104. The van der Waals surface area contributed by atoms with Crippen molar-refractivity contribution < 1.29 is 5.11 Å². The molecule has 3 aliphatic carbocycles. The fourth-order valence-corrected chi connectivity index (χ4v) is 6.28.